The molecule has 13 heteroatoms. The van der Waals surface area contributed by atoms with Crippen LogP contribution in [0.5, 0.6) is 11.5 Å². The highest BCUT2D eigenvalue weighted by Crippen LogP contribution is 2.40. The summed E-state index contributed by atoms with van der Waals surface area (Å²) in [5.74, 6) is 0.964. The number of nitrogens with zero attached hydrogens (tertiary/aromatic N) is 3. The summed E-state index contributed by atoms with van der Waals surface area (Å²) in [4.78, 5) is 43.6. The minimum atomic E-state index is -0.935. The van der Waals surface area contributed by atoms with Crippen LogP contribution in [-0.2, 0) is 14.3 Å². The first-order valence-electron chi connectivity index (χ1n) is 14.0. The van der Waals surface area contributed by atoms with Gasteiger partial charge in [-0.05, 0) is 39.0 Å². The molecule has 1 aliphatic heterocycles. The van der Waals surface area contributed by atoms with Gasteiger partial charge in [-0.1, -0.05) is 35.6 Å². The zero-order valence-corrected chi connectivity index (χ0v) is 26.1. The van der Waals surface area contributed by atoms with Crippen LogP contribution in [0.1, 0.15) is 36.8 Å². The maximum absolute atomic E-state index is 14.1. The molecule has 0 saturated carbocycles. The number of thiazole rings is 1. The molecule has 45 heavy (non-hydrogen) atoms. The Balaban J connectivity index is 1.65. The first-order valence-corrected chi connectivity index (χ1v) is 14.8. The van der Waals surface area contributed by atoms with Crippen molar-refractivity contribution in [1.82, 2.24) is 4.57 Å². The summed E-state index contributed by atoms with van der Waals surface area (Å²) in [6.45, 7) is 5.72. The van der Waals surface area contributed by atoms with Gasteiger partial charge >= 0.3 is 5.97 Å². The minimum Gasteiger partial charge on any atom is -0.493 e. The highest BCUT2D eigenvalue weighted by Gasteiger charge is 2.36. The first-order chi connectivity index (χ1) is 21.7. The third-order valence-electron chi connectivity index (χ3n) is 7.17. The predicted octanol–water partition coefficient (Wildman–Crippen LogP) is 4.31. The fraction of sp³-hybridized carbons (Fsp3) is 0.281. The van der Waals surface area contributed by atoms with Gasteiger partial charge in [0, 0.05) is 35.9 Å². The fourth-order valence-electron chi connectivity index (χ4n) is 5.05. The number of ether oxygens (including phenoxy) is 4. The number of nitro groups is 1. The van der Waals surface area contributed by atoms with Gasteiger partial charge in [-0.3, -0.25) is 19.5 Å². The van der Waals surface area contributed by atoms with E-state index in [1.165, 1.54) is 24.9 Å². The lowest BCUT2D eigenvalue weighted by Crippen LogP contribution is -2.40. The molecule has 3 heterocycles. The highest BCUT2D eigenvalue weighted by molar-refractivity contribution is 7.07. The molecule has 0 radical (unpaired) electrons. The number of allylic oxidation sites excluding steroid dienone is 1. The topological polar surface area (TPSA) is 145 Å². The number of aryl methyl sites for hydroxylation is 1. The van der Waals surface area contributed by atoms with E-state index in [4.69, 9.17) is 23.4 Å². The van der Waals surface area contributed by atoms with E-state index in [9.17, 15) is 19.7 Å². The third-order valence-corrected chi connectivity index (χ3v) is 8.15. The van der Waals surface area contributed by atoms with Crippen molar-refractivity contribution in [3.63, 3.8) is 0 Å². The largest absolute Gasteiger partial charge is 0.493 e. The standard InChI is InChI=1S/C32H31N3O9S/c1-6-42-29-22(8-7-9-25(29)41-5)28-27(31(37)43-15-14-40-4)19(3)33-32-34(28)30(36)26(45-32)17-21-12-13-24(44-21)20-11-10-18(2)23(16-20)35(38)39/h7-13,16-17,28H,6,14-15H2,1-5H3/b26-17+/t28-/m0/s1. The maximum Gasteiger partial charge on any atom is 0.338 e. The van der Waals surface area contributed by atoms with Crippen molar-refractivity contribution in [2.45, 2.75) is 26.8 Å². The number of rotatable bonds is 11. The summed E-state index contributed by atoms with van der Waals surface area (Å²) in [7, 11) is 3.02. The van der Waals surface area contributed by atoms with Crippen molar-refractivity contribution < 1.29 is 33.1 Å². The van der Waals surface area contributed by atoms with E-state index >= 15 is 0 Å². The second-order valence-electron chi connectivity index (χ2n) is 9.98. The van der Waals surface area contributed by atoms with Crippen LogP contribution in [-0.4, -0.2) is 49.5 Å². The van der Waals surface area contributed by atoms with Gasteiger partial charge in [0.1, 0.15) is 24.2 Å². The Morgan fingerprint density at radius 2 is 1.96 bits per heavy atom. The lowest BCUT2D eigenvalue weighted by atomic mass is 9.94. The molecular weight excluding hydrogens is 602 g/mol. The number of esters is 1. The molecule has 2 aromatic heterocycles. The van der Waals surface area contributed by atoms with Crippen LogP contribution in [0, 0.1) is 17.0 Å². The van der Waals surface area contributed by atoms with Crippen LogP contribution < -0.4 is 24.4 Å². The Hall–Kier alpha value is -5.01. The van der Waals surface area contributed by atoms with Crippen molar-refractivity contribution in [2.24, 2.45) is 4.99 Å². The lowest BCUT2D eigenvalue weighted by molar-refractivity contribution is -0.385. The number of hydrogen-bond acceptors (Lipinski definition) is 11. The number of carbonyl (C=O) groups excluding carboxylic acids is 1. The maximum atomic E-state index is 14.1. The number of methoxy groups -OCH3 is 2. The number of carbonyl (C=O) groups is 1. The van der Waals surface area contributed by atoms with Crippen LogP contribution in [0.15, 0.2) is 74.0 Å². The smallest absolute Gasteiger partial charge is 0.338 e. The quantitative estimate of drug-likeness (QED) is 0.102. The summed E-state index contributed by atoms with van der Waals surface area (Å²) in [5.41, 5.74) is 1.73. The third kappa shape index (κ3) is 6.17. The van der Waals surface area contributed by atoms with E-state index in [1.807, 2.05) is 6.92 Å². The minimum absolute atomic E-state index is 0.0185. The summed E-state index contributed by atoms with van der Waals surface area (Å²) in [6.07, 6.45) is 1.58. The molecule has 4 aromatic rings. The Morgan fingerprint density at radius 1 is 1.16 bits per heavy atom. The number of furan rings is 1. The van der Waals surface area contributed by atoms with Gasteiger partial charge in [-0.15, -0.1) is 0 Å². The Labute approximate surface area is 261 Å². The summed E-state index contributed by atoms with van der Waals surface area (Å²) in [5, 5.41) is 11.4. The number of hydrogen-bond donors (Lipinski definition) is 0. The number of nitro benzene ring substituents is 1. The molecule has 234 valence electrons. The van der Waals surface area contributed by atoms with Crippen LogP contribution in [0.3, 0.4) is 0 Å². The van der Waals surface area contributed by atoms with E-state index in [0.717, 1.165) is 11.3 Å². The summed E-state index contributed by atoms with van der Waals surface area (Å²) < 4.78 is 29.8. The number of aromatic nitrogens is 1. The van der Waals surface area contributed by atoms with Crippen LogP contribution in [0.25, 0.3) is 17.4 Å². The molecule has 2 aromatic carbocycles. The van der Waals surface area contributed by atoms with Crippen molar-refractivity contribution in [1.29, 1.82) is 0 Å². The van der Waals surface area contributed by atoms with Gasteiger partial charge in [0.25, 0.3) is 11.2 Å². The van der Waals surface area contributed by atoms with Gasteiger partial charge in [-0.25, -0.2) is 9.79 Å². The molecule has 0 bridgehead atoms. The van der Waals surface area contributed by atoms with Crippen LogP contribution >= 0.6 is 11.3 Å². The van der Waals surface area contributed by atoms with E-state index < -0.39 is 22.5 Å². The summed E-state index contributed by atoms with van der Waals surface area (Å²) in [6, 6.07) is 12.5. The van der Waals surface area contributed by atoms with Gasteiger partial charge in [0.15, 0.2) is 16.3 Å². The zero-order valence-electron chi connectivity index (χ0n) is 25.3. The van der Waals surface area contributed by atoms with E-state index in [1.54, 1.807) is 62.4 Å². The second kappa shape index (κ2) is 13.3. The molecular formula is C32H31N3O9S. The van der Waals surface area contributed by atoms with Crippen LogP contribution in [0.4, 0.5) is 5.69 Å². The number of para-hydroxylation sites is 1. The average molecular weight is 634 g/mol. The Kier molecular flexibility index (Phi) is 9.30. The number of benzene rings is 2. The van der Waals surface area contributed by atoms with Gasteiger partial charge in [0.05, 0.1) is 41.0 Å². The molecule has 0 saturated heterocycles. The zero-order chi connectivity index (χ0) is 32.2. The molecule has 0 aliphatic carbocycles. The molecule has 1 atom stereocenters. The normalized spacial score (nSPS) is 14.6. The molecule has 0 N–H and O–H groups in total. The lowest BCUT2D eigenvalue weighted by Gasteiger charge is -2.27. The van der Waals surface area contributed by atoms with Crippen LogP contribution in [0.2, 0.25) is 0 Å². The Morgan fingerprint density at radius 3 is 2.67 bits per heavy atom. The first kappa shape index (κ1) is 31.4. The van der Waals surface area contributed by atoms with Gasteiger partial charge in [0.2, 0.25) is 0 Å². The molecule has 5 rings (SSSR count). The fourth-order valence-corrected chi connectivity index (χ4v) is 6.08. The van der Waals surface area contributed by atoms with E-state index in [-0.39, 0.29) is 24.5 Å². The monoisotopic (exact) mass is 633 g/mol. The average Bonchev–Trinajstić information content (AvgIpc) is 3.61. The van der Waals surface area contributed by atoms with Gasteiger partial charge in [-0.2, -0.15) is 0 Å². The molecule has 0 fully saturated rings. The molecule has 0 unspecified atom stereocenters. The van der Waals surface area contributed by atoms with Crippen molar-refractivity contribution in [2.75, 3.05) is 34.0 Å². The van der Waals surface area contributed by atoms with Crippen molar-refractivity contribution in [3.8, 4) is 22.8 Å². The molecule has 0 spiro atoms. The number of fused-ring (bicyclic) bond motifs is 1. The Bertz CT molecular complexity index is 1990. The van der Waals surface area contributed by atoms with Crippen molar-refractivity contribution in [3.05, 3.63) is 106 Å². The second-order valence-corrected chi connectivity index (χ2v) is 11.0. The van der Waals surface area contributed by atoms with E-state index in [2.05, 4.69) is 4.99 Å². The van der Waals surface area contributed by atoms with Crippen molar-refractivity contribution >= 4 is 29.1 Å². The van der Waals surface area contributed by atoms with E-state index in [0.29, 0.717) is 61.3 Å². The van der Waals surface area contributed by atoms with Gasteiger partial charge < -0.3 is 23.4 Å². The molecule has 0 amide bonds. The molecule has 1 aliphatic rings. The summed E-state index contributed by atoms with van der Waals surface area (Å²) >= 11 is 1.14. The predicted molar refractivity (Wildman–Crippen MR) is 166 cm³/mol. The SMILES string of the molecule is CCOc1c(OC)cccc1[C@H]1C(C(=O)OCCOC)=C(C)N=c2s/c(=C/c3ccc(-c4ccc(C)c([N+](=O)[O-])c4)o3)c(=O)n21. The molecule has 12 nitrogen and oxygen atoms in total. The highest BCUT2D eigenvalue weighted by atomic mass is 32.1.